The van der Waals surface area contributed by atoms with Gasteiger partial charge < -0.3 is 33.6 Å². The molecule has 0 aliphatic carbocycles. The van der Waals surface area contributed by atoms with Gasteiger partial charge in [0.05, 0.1) is 17.6 Å². The maximum atomic E-state index is 7.00. The zero-order chi connectivity index (χ0) is 16.4. The molecule has 0 unspecified atom stereocenters. The number of aromatic nitrogens is 1. The van der Waals surface area contributed by atoms with Gasteiger partial charge in [0.15, 0.2) is 0 Å². The Balaban J connectivity index is 0. The SMILES string of the molecule is CN1CCN(Cc2cccc(/C=N/[N-]C(N)=S)n2)CC1.CO.[Cl-].[Cu+2]. The number of halogens is 1. The standard InChI is InChI=1S/C13H20N6S.CH4O.ClH.Cu/c1-18-5-7-19(8-6-18)10-12-4-2-3-11(16-12)9-15-17-13(14)20;1-2;;/h2-4,9H,5-8,10H2,1H3,(H3,14,16,17,20);2H,1H3;1H;/q;;;+2/p-2. The molecular weight excluding hydrogens is 399 g/mol. The van der Waals surface area contributed by atoms with Gasteiger partial charge in [0.1, 0.15) is 0 Å². The fourth-order valence-electron chi connectivity index (χ4n) is 2.04. The van der Waals surface area contributed by atoms with Gasteiger partial charge in [0.25, 0.3) is 0 Å². The maximum absolute atomic E-state index is 7.00. The molecule has 7 nitrogen and oxygen atoms in total. The molecule has 24 heavy (non-hydrogen) atoms. The second-order valence-corrected chi connectivity index (χ2v) is 5.23. The fourth-order valence-corrected chi connectivity index (χ4v) is 2.09. The molecule has 1 aliphatic rings. The molecule has 2 rings (SSSR count). The summed E-state index contributed by atoms with van der Waals surface area (Å²) < 4.78 is 0. The number of hydrogen-bond donors (Lipinski definition) is 2. The van der Waals surface area contributed by atoms with Crippen molar-refractivity contribution in [1.29, 1.82) is 0 Å². The van der Waals surface area contributed by atoms with E-state index in [4.69, 9.17) is 10.8 Å². The molecule has 1 radical (unpaired) electrons. The van der Waals surface area contributed by atoms with Crippen LogP contribution in [0.1, 0.15) is 11.4 Å². The first kappa shape index (κ1) is 25.4. The number of aliphatic hydroxyl groups excluding tert-OH is 1. The normalized spacial score (nSPS) is 14.8. The molecular formula is C14H23ClCuN6OS. The molecule has 0 bridgehead atoms. The van der Waals surface area contributed by atoms with Crippen LogP contribution in [0.15, 0.2) is 23.3 Å². The summed E-state index contributed by atoms with van der Waals surface area (Å²) in [6, 6.07) is 5.88. The minimum atomic E-state index is 0. The van der Waals surface area contributed by atoms with Crippen LogP contribution in [0, 0.1) is 0 Å². The molecule has 0 saturated carbocycles. The van der Waals surface area contributed by atoms with Gasteiger partial charge >= 0.3 is 17.1 Å². The molecule has 10 heteroatoms. The number of hydrogen-bond acceptors (Lipinski definition) is 6. The van der Waals surface area contributed by atoms with E-state index in [1.54, 1.807) is 6.21 Å². The van der Waals surface area contributed by atoms with E-state index >= 15 is 0 Å². The van der Waals surface area contributed by atoms with Gasteiger partial charge in [0.2, 0.25) is 0 Å². The number of pyridine rings is 1. The summed E-state index contributed by atoms with van der Waals surface area (Å²) in [4.78, 5) is 9.28. The van der Waals surface area contributed by atoms with Crippen LogP contribution in [0.5, 0.6) is 0 Å². The molecule has 1 aliphatic heterocycles. The molecule has 0 aromatic carbocycles. The molecule has 1 aromatic heterocycles. The van der Waals surface area contributed by atoms with Crippen molar-refractivity contribution in [2.24, 2.45) is 10.8 Å². The summed E-state index contributed by atoms with van der Waals surface area (Å²) in [6.07, 6.45) is 1.56. The van der Waals surface area contributed by atoms with Gasteiger partial charge in [0, 0.05) is 44.9 Å². The third-order valence-electron chi connectivity index (χ3n) is 3.16. The molecule has 0 atom stereocenters. The number of likely N-dealkylation sites (N-methyl/N-ethyl adjacent to an activating group) is 1. The summed E-state index contributed by atoms with van der Waals surface area (Å²) in [5.41, 5.74) is 10.6. The van der Waals surface area contributed by atoms with Gasteiger partial charge in [-0.3, -0.25) is 15.0 Å². The van der Waals surface area contributed by atoms with Gasteiger partial charge in [-0.05, 0) is 19.2 Å². The van der Waals surface area contributed by atoms with Crippen molar-refractivity contribution in [2.45, 2.75) is 6.54 Å². The van der Waals surface area contributed by atoms with Crippen LogP contribution in [0.4, 0.5) is 0 Å². The Labute approximate surface area is 165 Å². The van der Waals surface area contributed by atoms with Crippen LogP contribution in [0.3, 0.4) is 0 Å². The number of nitrogens with two attached hydrogens (primary N) is 1. The van der Waals surface area contributed by atoms with Gasteiger partial charge in [-0.15, -0.1) is 0 Å². The zero-order valence-electron chi connectivity index (χ0n) is 13.7. The van der Waals surface area contributed by atoms with E-state index < -0.39 is 0 Å². The largest absolute Gasteiger partial charge is 2.00 e. The average molecular weight is 422 g/mol. The minimum Gasteiger partial charge on any atom is -1.00 e. The summed E-state index contributed by atoms with van der Waals surface area (Å²) in [6.45, 7) is 5.23. The van der Waals surface area contributed by atoms with Crippen molar-refractivity contribution >= 4 is 23.5 Å². The molecule has 2 heterocycles. The first-order valence-electron chi connectivity index (χ1n) is 6.98. The van der Waals surface area contributed by atoms with E-state index in [0.29, 0.717) is 0 Å². The monoisotopic (exact) mass is 421 g/mol. The number of nitrogens with zero attached hydrogens (tertiary/aromatic N) is 5. The minimum absolute atomic E-state index is 0. The maximum Gasteiger partial charge on any atom is 2.00 e. The third kappa shape index (κ3) is 10.1. The van der Waals surface area contributed by atoms with Crippen molar-refractivity contribution in [3.05, 3.63) is 35.0 Å². The molecule has 0 spiro atoms. The van der Waals surface area contributed by atoms with Gasteiger partial charge in [-0.2, -0.15) is 0 Å². The van der Waals surface area contributed by atoms with Crippen molar-refractivity contribution in [1.82, 2.24) is 14.8 Å². The van der Waals surface area contributed by atoms with E-state index in [-0.39, 0.29) is 34.6 Å². The Kier molecular flexibility index (Phi) is 15.4. The molecule has 1 saturated heterocycles. The predicted molar refractivity (Wildman–Crippen MR) is 92.9 cm³/mol. The van der Waals surface area contributed by atoms with Crippen LogP contribution in [0.25, 0.3) is 5.43 Å². The van der Waals surface area contributed by atoms with E-state index in [9.17, 15) is 0 Å². The van der Waals surface area contributed by atoms with E-state index in [2.05, 4.69) is 44.6 Å². The molecule has 139 valence electrons. The Morgan fingerprint density at radius 1 is 1.38 bits per heavy atom. The van der Waals surface area contributed by atoms with Crippen molar-refractivity contribution in [3.8, 4) is 0 Å². The van der Waals surface area contributed by atoms with Gasteiger partial charge in [-0.1, -0.05) is 18.3 Å². The Hall–Kier alpha value is -0.801. The van der Waals surface area contributed by atoms with Gasteiger partial charge in [-0.25, -0.2) is 0 Å². The fraction of sp³-hybridized carbons (Fsp3) is 0.500. The first-order chi connectivity index (χ1) is 10.6. The Morgan fingerprint density at radius 2 is 2.00 bits per heavy atom. The van der Waals surface area contributed by atoms with Crippen LogP contribution >= 0.6 is 12.2 Å². The molecule has 3 N–H and O–H groups in total. The Morgan fingerprint density at radius 3 is 2.58 bits per heavy atom. The zero-order valence-corrected chi connectivity index (χ0v) is 16.2. The summed E-state index contributed by atoms with van der Waals surface area (Å²) >= 11 is 4.62. The second-order valence-electron chi connectivity index (χ2n) is 4.82. The van der Waals surface area contributed by atoms with Crippen LogP contribution in [0.2, 0.25) is 0 Å². The summed E-state index contributed by atoms with van der Waals surface area (Å²) in [5.74, 6) is 0. The number of thiocarbonyl (C=S) groups is 1. The summed E-state index contributed by atoms with van der Waals surface area (Å²) in [7, 11) is 3.15. The van der Waals surface area contributed by atoms with Crippen LogP contribution < -0.4 is 18.1 Å². The number of aliphatic hydroxyl groups is 1. The molecule has 0 amide bonds. The predicted octanol–water partition coefficient (Wildman–Crippen LogP) is -2.61. The second kappa shape index (κ2) is 14.5. The van der Waals surface area contributed by atoms with Crippen molar-refractivity contribution in [3.63, 3.8) is 0 Å². The van der Waals surface area contributed by atoms with Crippen molar-refractivity contribution in [2.75, 3.05) is 40.3 Å². The number of rotatable bonds is 4. The van der Waals surface area contributed by atoms with E-state index in [0.717, 1.165) is 51.2 Å². The smallest absolute Gasteiger partial charge is 1.00 e. The quantitative estimate of drug-likeness (QED) is 0.239. The van der Waals surface area contributed by atoms with Crippen LogP contribution in [-0.2, 0) is 23.6 Å². The van der Waals surface area contributed by atoms with E-state index in [1.807, 2.05) is 18.2 Å². The topological polar surface area (TPSA) is 92.1 Å². The Bertz CT molecular complexity index is 500. The average Bonchev–Trinajstić information content (AvgIpc) is 2.52. The number of piperazine rings is 1. The molecule has 1 fully saturated rings. The molecule has 1 aromatic rings. The summed E-state index contributed by atoms with van der Waals surface area (Å²) in [5, 5.41) is 10.8. The third-order valence-corrected chi connectivity index (χ3v) is 3.24. The first-order valence-corrected chi connectivity index (χ1v) is 7.39. The van der Waals surface area contributed by atoms with Crippen molar-refractivity contribution < 1.29 is 34.6 Å². The van der Waals surface area contributed by atoms with E-state index in [1.165, 1.54) is 0 Å². The van der Waals surface area contributed by atoms with Crippen LogP contribution in [-0.4, -0.2) is 71.6 Å².